The number of aromatic nitrogens is 2. The maximum atomic E-state index is 12.6. The first-order chi connectivity index (χ1) is 11.4. The number of nitrogens with one attached hydrogen (secondary N) is 1. The third-order valence-electron chi connectivity index (χ3n) is 4.22. The van der Waals surface area contributed by atoms with Gasteiger partial charge in [0.1, 0.15) is 5.75 Å². The van der Waals surface area contributed by atoms with E-state index in [9.17, 15) is 14.7 Å². The number of carbonyl (C=O) groups excluding carboxylic acids is 1. The Bertz CT molecular complexity index is 782. The molecule has 7 heteroatoms. The molecule has 0 saturated carbocycles. The first kappa shape index (κ1) is 16.0. The van der Waals surface area contributed by atoms with Crippen molar-refractivity contribution in [3.63, 3.8) is 0 Å². The fourth-order valence-corrected chi connectivity index (χ4v) is 2.63. The highest BCUT2D eigenvalue weighted by atomic mass is 16.5. The van der Waals surface area contributed by atoms with Gasteiger partial charge >= 0.3 is 5.97 Å². The maximum Gasteiger partial charge on any atom is 0.331 e. The predicted molar refractivity (Wildman–Crippen MR) is 87.1 cm³/mol. The van der Waals surface area contributed by atoms with E-state index in [4.69, 9.17) is 4.74 Å². The van der Waals surface area contributed by atoms with Gasteiger partial charge in [0.25, 0.3) is 0 Å². The first-order valence-electron chi connectivity index (χ1n) is 7.70. The van der Waals surface area contributed by atoms with Crippen molar-refractivity contribution in [3.8, 4) is 5.75 Å². The summed E-state index contributed by atoms with van der Waals surface area (Å²) >= 11 is 0. The Morgan fingerprint density at radius 3 is 2.88 bits per heavy atom. The fraction of sp³-hybridized carbons (Fsp3) is 0.353. The minimum atomic E-state index is -1.19. The molecular formula is C17H19N3O4. The second kappa shape index (κ2) is 5.99. The van der Waals surface area contributed by atoms with Gasteiger partial charge in [0, 0.05) is 11.8 Å². The number of carbonyl (C=O) groups is 2. The van der Waals surface area contributed by atoms with Crippen LogP contribution in [0.3, 0.4) is 0 Å². The zero-order chi connectivity index (χ0) is 17.3. The van der Waals surface area contributed by atoms with Gasteiger partial charge in [0.2, 0.25) is 5.91 Å². The Morgan fingerprint density at radius 2 is 2.12 bits per heavy atom. The molecular weight excluding hydrogens is 310 g/mol. The smallest absolute Gasteiger partial charge is 0.331 e. The molecule has 1 aromatic heterocycles. The summed E-state index contributed by atoms with van der Waals surface area (Å²) in [7, 11) is 0. The number of para-hydroxylation sites is 1. The number of aliphatic carboxylic acids is 1. The molecule has 2 aromatic rings. The van der Waals surface area contributed by atoms with Crippen LogP contribution in [0.4, 0.5) is 5.69 Å². The molecule has 126 valence electrons. The third-order valence-corrected chi connectivity index (χ3v) is 4.22. The van der Waals surface area contributed by atoms with E-state index in [0.29, 0.717) is 18.7 Å². The Labute approximate surface area is 139 Å². The van der Waals surface area contributed by atoms with Crippen LogP contribution in [-0.4, -0.2) is 33.4 Å². The lowest BCUT2D eigenvalue weighted by atomic mass is 9.92. The second-order valence-electron chi connectivity index (χ2n) is 6.25. The standard InChI is InChI=1S/C17H19N3O4/c1-17(2,16(22)23)20-10-11(9-18-20)19-15(21)13-7-8-24-14-6-4-3-5-12(13)14/h3-6,9-10,13H,7-8H2,1-2H3,(H,19,21)(H,22,23). The van der Waals surface area contributed by atoms with Crippen LogP contribution in [0.2, 0.25) is 0 Å². The number of ether oxygens (including phenoxy) is 1. The Hall–Kier alpha value is -2.83. The number of benzene rings is 1. The molecule has 0 fully saturated rings. The summed E-state index contributed by atoms with van der Waals surface area (Å²) in [5.74, 6) is -0.724. The molecule has 7 nitrogen and oxygen atoms in total. The summed E-state index contributed by atoms with van der Waals surface area (Å²) in [6.45, 7) is 3.58. The summed E-state index contributed by atoms with van der Waals surface area (Å²) in [6, 6.07) is 7.48. The van der Waals surface area contributed by atoms with Gasteiger partial charge in [-0.05, 0) is 26.3 Å². The average Bonchev–Trinajstić information content (AvgIpc) is 3.03. The molecule has 1 unspecified atom stereocenters. The third kappa shape index (κ3) is 2.84. The van der Waals surface area contributed by atoms with Crippen molar-refractivity contribution in [2.24, 2.45) is 0 Å². The number of amides is 1. The van der Waals surface area contributed by atoms with Crippen LogP contribution in [0.15, 0.2) is 36.7 Å². The predicted octanol–water partition coefficient (Wildman–Crippen LogP) is 2.21. The van der Waals surface area contributed by atoms with E-state index in [1.165, 1.54) is 17.1 Å². The van der Waals surface area contributed by atoms with Crippen molar-refractivity contribution in [2.45, 2.75) is 31.7 Å². The van der Waals surface area contributed by atoms with Gasteiger partial charge in [-0.15, -0.1) is 0 Å². The summed E-state index contributed by atoms with van der Waals surface area (Å²) < 4.78 is 6.89. The number of nitrogens with zero attached hydrogens (tertiary/aromatic N) is 2. The fourth-order valence-electron chi connectivity index (χ4n) is 2.63. The Kier molecular flexibility index (Phi) is 4.01. The summed E-state index contributed by atoms with van der Waals surface area (Å²) in [4.78, 5) is 23.9. The zero-order valence-electron chi connectivity index (χ0n) is 13.5. The topological polar surface area (TPSA) is 93.5 Å². The average molecular weight is 329 g/mol. The van der Waals surface area contributed by atoms with E-state index in [-0.39, 0.29) is 11.8 Å². The number of hydrogen-bond acceptors (Lipinski definition) is 4. The summed E-state index contributed by atoms with van der Waals surface area (Å²) in [5.41, 5.74) is 0.145. The highest BCUT2D eigenvalue weighted by Crippen LogP contribution is 2.34. The van der Waals surface area contributed by atoms with Crippen molar-refractivity contribution in [1.29, 1.82) is 0 Å². The highest BCUT2D eigenvalue weighted by Gasteiger charge is 2.31. The van der Waals surface area contributed by atoms with Crippen LogP contribution in [0, 0.1) is 0 Å². The van der Waals surface area contributed by atoms with Gasteiger partial charge < -0.3 is 15.2 Å². The van der Waals surface area contributed by atoms with Crippen molar-refractivity contribution in [3.05, 3.63) is 42.2 Å². The number of fused-ring (bicyclic) bond motifs is 1. The Morgan fingerprint density at radius 1 is 1.38 bits per heavy atom. The van der Waals surface area contributed by atoms with Gasteiger partial charge in [-0.1, -0.05) is 18.2 Å². The van der Waals surface area contributed by atoms with E-state index in [1.807, 2.05) is 24.3 Å². The molecule has 3 rings (SSSR count). The number of rotatable bonds is 4. The van der Waals surface area contributed by atoms with Crippen molar-refractivity contribution in [2.75, 3.05) is 11.9 Å². The molecule has 0 radical (unpaired) electrons. The minimum Gasteiger partial charge on any atom is -0.493 e. The second-order valence-corrected chi connectivity index (χ2v) is 6.25. The quantitative estimate of drug-likeness (QED) is 0.897. The van der Waals surface area contributed by atoms with Crippen molar-refractivity contribution >= 4 is 17.6 Å². The lowest BCUT2D eigenvalue weighted by molar-refractivity contribution is -0.146. The summed E-state index contributed by atoms with van der Waals surface area (Å²) in [5, 5.41) is 16.1. The van der Waals surface area contributed by atoms with Crippen molar-refractivity contribution < 1.29 is 19.4 Å². The molecule has 2 heterocycles. The molecule has 1 amide bonds. The van der Waals surface area contributed by atoms with Gasteiger partial charge in [0.15, 0.2) is 5.54 Å². The van der Waals surface area contributed by atoms with Crippen LogP contribution in [-0.2, 0) is 15.1 Å². The van der Waals surface area contributed by atoms with Gasteiger partial charge in [0.05, 0.1) is 24.4 Å². The molecule has 0 spiro atoms. The van der Waals surface area contributed by atoms with Crippen LogP contribution >= 0.6 is 0 Å². The molecule has 2 N–H and O–H groups in total. The van der Waals surface area contributed by atoms with Gasteiger partial charge in [-0.3, -0.25) is 9.48 Å². The molecule has 1 atom stereocenters. The lowest BCUT2D eigenvalue weighted by Crippen LogP contribution is -2.36. The van der Waals surface area contributed by atoms with Crippen molar-refractivity contribution in [1.82, 2.24) is 9.78 Å². The number of carboxylic acids is 1. The maximum absolute atomic E-state index is 12.6. The molecule has 1 aromatic carbocycles. The Balaban J connectivity index is 1.77. The highest BCUT2D eigenvalue weighted by molar-refractivity contribution is 5.96. The van der Waals surface area contributed by atoms with E-state index >= 15 is 0 Å². The van der Waals surface area contributed by atoms with Gasteiger partial charge in [-0.25, -0.2) is 4.79 Å². The minimum absolute atomic E-state index is 0.154. The SMILES string of the molecule is CC(C)(C(=O)O)n1cc(NC(=O)C2CCOc3ccccc32)cn1. The molecule has 24 heavy (non-hydrogen) atoms. The van der Waals surface area contributed by atoms with Crippen LogP contribution in [0.5, 0.6) is 5.75 Å². The number of hydrogen-bond donors (Lipinski definition) is 2. The van der Waals surface area contributed by atoms with E-state index in [0.717, 1.165) is 11.3 Å². The number of carboxylic acid groups (broad SMARTS) is 1. The van der Waals surface area contributed by atoms with E-state index in [2.05, 4.69) is 10.4 Å². The monoisotopic (exact) mass is 329 g/mol. The van der Waals surface area contributed by atoms with Crippen LogP contribution in [0.1, 0.15) is 31.7 Å². The lowest BCUT2D eigenvalue weighted by Gasteiger charge is -2.24. The molecule has 0 bridgehead atoms. The summed E-state index contributed by atoms with van der Waals surface area (Å²) in [6.07, 6.45) is 3.57. The van der Waals surface area contributed by atoms with Crippen LogP contribution in [0.25, 0.3) is 0 Å². The normalized spacial score (nSPS) is 16.8. The number of anilines is 1. The molecule has 0 aliphatic carbocycles. The first-order valence-corrected chi connectivity index (χ1v) is 7.70. The van der Waals surface area contributed by atoms with Crippen LogP contribution < -0.4 is 10.1 Å². The largest absolute Gasteiger partial charge is 0.493 e. The van der Waals surface area contributed by atoms with Gasteiger partial charge in [-0.2, -0.15) is 5.10 Å². The zero-order valence-corrected chi connectivity index (χ0v) is 13.5. The molecule has 1 aliphatic rings. The molecule has 1 aliphatic heterocycles. The van der Waals surface area contributed by atoms with E-state index in [1.54, 1.807) is 13.8 Å². The van der Waals surface area contributed by atoms with E-state index < -0.39 is 11.5 Å². The molecule has 0 saturated heterocycles.